The molecule has 0 saturated carbocycles. The first-order valence-corrected chi connectivity index (χ1v) is 6.55. The Labute approximate surface area is 113 Å². The van der Waals surface area contributed by atoms with Gasteiger partial charge in [0.1, 0.15) is 12.1 Å². The number of nitrogens with zero attached hydrogens (tertiary/aromatic N) is 1. The van der Waals surface area contributed by atoms with Crippen molar-refractivity contribution >= 4 is 11.9 Å². The molecule has 0 aromatic heterocycles. The highest BCUT2D eigenvalue weighted by atomic mass is 16.5. The van der Waals surface area contributed by atoms with E-state index in [1.54, 1.807) is 0 Å². The minimum atomic E-state index is -0.652. The van der Waals surface area contributed by atoms with Crippen LogP contribution in [0.2, 0.25) is 0 Å². The van der Waals surface area contributed by atoms with E-state index in [2.05, 4.69) is 10.1 Å². The van der Waals surface area contributed by atoms with Crippen LogP contribution >= 0.6 is 0 Å². The average Bonchev–Trinajstić information content (AvgIpc) is 2.95. The molecule has 0 aromatic rings. The quantitative estimate of drug-likeness (QED) is 0.547. The van der Waals surface area contributed by atoms with Gasteiger partial charge in [-0.3, -0.25) is 4.79 Å². The molecule has 0 unspecified atom stereocenters. The summed E-state index contributed by atoms with van der Waals surface area (Å²) >= 11 is 0. The highest BCUT2D eigenvalue weighted by Crippen LogP contribution is 2.13. The Morgan fingerprint density at radius 2 is 2.32 bits per heavy atom. The summed E-state index contributed by atoms with van der Waals surface area (Å²) in [5, 5.41) is 11.1. The summed E-state index contributed by atoms with van der Waals surface area (Å²) < 4.78 is 9.94. The van der Waals surface area contributed by atoms with Crippen LogP contribution < -0.4 is 5.32 Å². The van der Waals surface area contributed by atoms with Crippen LogP contribution in [0.3, 0.4) is 0 Å². The molecule has 6 nitrogen and oxygen atoms in total. The lowest BCUT2D eigenvalue weighted by molar-refractivity contribution is -0.146. The first-order chi connectivity index (χ1) is 9.19. The molecule has 1 aliphatic rings. The third kappa shape index (κ3) is 5.26. The largest absolute Gasteiger partial charge is 0.467 e. The molecule has 19 heavy (non-hydrogen) atoms. The maximum Gasteiger partial charge on any atom is 0.328 e. The van der Waals surface area contributed by atoms with Gasteiger partial charge in [0.2, 0.25) is 5.91 Å². The Balaban J connectivity index is 2.42. The Morgan fingerprint density at radius 3 is 2.89 bits per heavy atom. The number of hydrogen-bond donors (Lipinski definition) is 1. The molecule has 106 valence electrons. The van der Waals surface area contributed by atoms with Gasteiger partial charge in [-0.25, -0.2) is 4.79 Å². The van der Waals surface area contributed by atoms with Gasteiger partial charge in [-0.2, -0.15) is 5.26 Å². The SMILES string of the molecule is COC(=O)[C@H](CCCCC#N)NC(=O)[C@H]1CCCO1. The monoisotopic (exact) mass is 268 g/mol. The van der Waals surface area contributed by atoms with Crippen LogP contribution in [-0.2, 0) is 19.1 Å². The molecular formula is C13H20N2O4. The molecule has 6 heteroatoms. The predicted molar refractivity (Wildman–Crippen MR) is 67.0 cm³/mol. The molecule has 0 spiro atoms. The van der Waals surface area contributed by atoms with Gasteiger partial charge in [0.15, 0.2) is 0 Å². The summed E-state index contributed by atoms with van der Waals surface area (Å²) in [6, 6.07) is 1.39. The minimum Gasteiger partial charge on any atom is -0.467 e. The zero-order valence-electron chi connectivity index (χ0n) is 11.2. The number of hydrogen-bond acceptors (Lipinski definition) is 5. The van der Waals surface area contributed by atoms with Crippen molar-refractivity contribution in [1.29, 1.82) is 5.26 Å². The topological polar surface area (TPSA) is 88.4 Å². The summed E-state index contributed by atoms with van der Waals surface area (Å²) in [4.78, 5) is 23.5. The molecule has 1 fully saturated rings. The van der Waals surface area contributed by atoms with Crippen molar-refractivity contribution in [2.24, 2.45) is 0 Å². The molecular weight excluding hydrogens is 248 g/mol. The van der Waals surface area contributed by atoms with Crippen molar-refractivity contribution in [3.8, 4) is 6.07 Å². The number of esters is 1. The van der Waals surface area contributed by atoms with E-state index in [0.717, 1.165) is 6.42 Å². The van der Waals surface area contributed by atoms with E-state index in [4.69, 9.17) is 10.00 Å². The second kappa shape index (κ2) is 8.48. The lowest BCUT2D eigenvalue weighted by Gasteiger charge is -2.18. The van der Waals surface area contributed by atoms with E-state index in [9.17, 15) is 9.59 Å². The molecule has 1 N–H and O–H groups in total. The van der Waals surface area contributed by atoms with E-state index in [0.29, 0.717) is 38.7 Å². The fourth-order valence-electron chi connectivity index (χ4n) is 1.99. The van der Waals surface area contributed by atoms with Gasteiger partial charge < -0.3 is 14.8 Å². The van der Waals surface area contributed by atoms with Gasteiger partial charge in [0, 0.05) is 13.0 Å². The zero-order chi connectivity index (χ0) is 14.1. The van der Waals surface area contributed by atoms with Gasteiger partial charge in [0.25, 0.3) is 0 Å². The van der Waals surface area contributed by atoms with Crippen molar-refractivity contribution in [1.82, 2.24) is 5.32 Å². The molecule has 1 amide bonds. The van der Waals surface area contributed by atoms with Crippen molar-refractivity contribution in [2.45, 2.75) is 50.7 Å². The van der Waals surface area contributed by atoms with Crippen molar-refractivity contribution in [2.75, 3.05) is 13.7 Å². The molecule has 1 rings (SSSR count). The highest BCUT2D eigenvalue weighted by molar-refractivity contribution is 5.87. The summed E-state index contributed by atoms with van der Waals surface area (Å²) in [6.45, 7) is 0.586. The van der Waals surface area contributed by atoms with Crippen molar-refractivity contribution in [3.05, 3.63) is 0 Å². The molecule has 2 atom stereocenters. The Bertz CT molecular complexity index is 345. The number of ether oxygens (including phenoxy) is 2. The first kappa shape index (κ1) is 15.4. The van der Waals surface area contributed by atoms with Crippen LogP contribution in [0.5, 0.6) is 0 Å². The van der Waals surface area contributed by atoms with Crippen LogP contribution in [0.25, 0.3) is 0 Å². The normalized spacial score (nSPS) is 19.5. The van der Waals surface area contributed by atoms with Gasteiger partial charge in [0.05, 0.1) is 13.2 Å². The summed E-state index contributed by atoms with van der Waals surface area (Å²) in [5.41, 5.74) is 0. The lowest BCUT2D eigenvalue weighted by atomic mass is 10.1. The Hall–Kier alpha value is -1.61. The molecule has 1 heterocycles. The fourth-order valence-corrected chi connectivity index (χ4v) is 1.99. The number of carbonyl (C=O) groups excluding carboxylic acids is 2. The molecule has 1 aliphatic heterocycles. The van der Waals surface area contributed by atoms with Gasteiger partial charge in [-0.15, -0.1) is 0 Å². The molecule has 0 radical (unpaired) electrons. The second-order valence-corrected chi connectivity index (χ2v) is 4.49. The number of rotatable bonds is 7. The molecule has 0 aliphatic carbocycles. The van der Waals surface area contributed by atoms with Crippen LogP contribution in [0.15, 0.2) is 0 Å². The van der Waals surface area contributed by atoms with Crippen LogP contribution in [-0.4, -0.2) is 37.7 Å². The van der Waals surface area contributed by atoms with E-state index in [-0.39, 0.29) is 5.91 Å². The number of carbonyl (C=O) groups is 2. The van der Waals surface area contributed by atoms with Crippen LogP contribution in [0.4, 0.5) is 0 Å². The van der Waals surface area contributed by atoms with E-state index >= 15 is 0 Å². The first-order valence-electron chi connectivity index (χ1n) is 6.55. The van der Waals surface area contributed by atoms with Crippen molar-refractivity contribution < 1.29 is 19.1 Å². The van der Waals surface area contributed by atoms with Crippen LogP contribution in [0, 0.1) is 11.3 Å². The molecule has 0 aromatic carbocycles. The Kier molecular flexibility index (Phi) is 6.90. The molecule has 0 bridgehead atoms. The fraction of sp³-hybridized carbons (Fsp3) is 0.769. The number of methoxy groups -OCH3 is 1. The zero-order valence-corrected chi connectivity index (χ0v) is 11.2. The number of amides is 1. The van der Waals surface area contributed by atoms with Crippen LogP contribution in [0.1, 0.15) is 38.5 Å². The third-order valence-corrected chi connectivity index (χ3v) is 3.06. The maximum atomic E-state index is 11.9. The number of nitriles is 1. The summed E-state index contributed by atoms with van der Waals surface area (Å²) in [6.07, 6.45) is 3.43. The van der Waals surface area contributed by atoms with Crippen molar-refractivity contribution in [3.63, 3.8) is 0 Å². The third-order valence-electron chi connectivity index (χ3n) is 3.06. The number of unbranched alkanes of at least 4 members (excludes halogenated alkanes) is 2. The van der Waals surface area contributed by atoms with E-state index < -0.39 is 18.1 Å². The van der Waals surface area contributed by atoms with Gasteiger partial charge in [-0.05, 0) is 32.1 Å². The second-order valence-electron chi connectivity index (χ2n) is 4.49. The average molecular weight is 268 g/mol. The summed E-state index contributed by atoms with van der Waals surface area (Å²) in [7, 11) is 1.29. The predicted octanol–water partition coefficient (Wildman–Crippen LogP) is 0.907. The van der Waals surface area contributed by atoms with Gasteiger partial charge >= 0.3 is 5.97 Å². The Morgan fingerprint density at radius 1 is 1.53 bits per heavy atom. The number of nitrogens with one attached hydrogen (secondary N) is 1. The lowest BCUT2D eigenvalue weighted by Crippen LogP contribution is -2.45. The molecule has 1 saturated heterocycles. The smallest absolute Gasteiger partial charge is 0.328 e. The summed E-state index contributed by atoms with van der Waals surface area (Å²) in [5.74, 6) is -0.712. The maximum absolute atomic E-state index is 11.9. The minimum absolute atomic E-state index is 0.256. The van der Waals surface area contributed by atoms with E-state index in [1.807, 2.05) is 6.07 Å². The van der Waals surface area contributed by atoms with Gasteiger partial charge in [-0.1, -0.05) is 0 Å². The van der Waals surface area contributed by atoms with E-state index in [1.165, 1.54) is 7.11 Å². The highest BCUT2D eigenvalue weighted by Gasteiger charge is 2.28. The standard InChI is InChI=1S/C13H20N2O4/c1-18-13(17)10(6-3-2-4-8-14)15-12(16)11-7-5-9-19-11/h10-11H,2-7,9H2,1H3,(H,15,16)/t10-,11+/m0/s1.